The van der Waals surface area contributed by atoms with Crippen molar-refractivity contribution in [3.8, 4) is 0 Å². The third kappa shape index (κ3) is 12.9. The fourth-order valence-electron chi connectivity index (χ4n) is 1.19. The molecule has 0 saturated carbocycles. The molecule has 88 valence electrons. The molecule has 0 rings (SSSR count). The molecule has 0 aliphatic carbocycles. The van der Waals surface area contributed by atoms with Gasteiger partial charge in [-0.15, -0.1) is 0 Å². The van der Waals surface area contributed by atoms with E-state index in [0.717, 1.165) is 38.8 Å². The van der Waals surface area contributed by atoms with Crippen LogP contribution in [0, 0.1) is 0 Å². The lowest BCUT2D eigenvalue weighted by Gasteiger charge is -2.03. The Balaban J connectivity index is 2.99. The Morgan fingerprint density at radius 2 is 1.67 bits per heavy atom. The number of unbranched alkanes of at least 4 members (excludes halogenated alkanes) is 3. The lowest BCUT2D eigenvalue weighted by atomic mass is 10.2. The van der Waals surface area contributed by atoms with Crippen LogP contribution < -0.4 is 10.6 Å². The van der Waals surface area contributed by atoms with Crippen molar-refractivity contribution in [2.24, 2.45) is 0 Å². The minimum atomic E-state index is -0.819. The molecule has 0 bridgehead atoms. The van der Waals surface area contributed by atoms with Crippen molar-refractivity contribution in [1.82, 2.24) is 10.6 Å². The second-order valence-electron chi connectivity index (χ2n) is 3.47. The lowest BCUT2D eigenvalue weighted by Crippen LogP contribution is -2.23. The Hall–Kier alpha value is -1.10. The number of carboxylic acid groups (broad SMARTS) is 1. The van der Waals surface area contributed by atoms with Gasteiger partial charge in [-0.25, -0.2) is 0 Å². The topological polar surface area (TPSA) is 78.4 Å². The number of carbonyl (C=O) groups is 2. The van der Waals surface area contributed by atoms with E-state index in [1.165, 1.54) is 6.92 Å². The molecule has 1 amide bonds. The van der Waals surface area contributed by atoms with Crippen LogP contribution in [-0.4, -0.2) is 36.6 Å². The molecule has 0 aromatic heterocycles. The summed E-state index contributed by atoms with van der Waals surface area (Å²) >= 11 is 0. The predicted molar refractivity (Wildman–Crippen MR) is 57.7 cm³/mol. The van der Waals surface area contributed by atoms with Crippen LogP contribution in [0.5, 0.6) is 0 Å². The normalized spacial score (nSPS) is 9.93. The van der Waals surface area contributed by atoms with Crippen molar-refractivity contribution in [3.05, 3.63) is 0 Å². The Morgan fingerprint density at radius 1 is 1.07 bits per heavy atom. The number of hydrogen-bond donors (Lipinski definition) is 3. The Bertz CT molecular complexity index is 175. The fourth-order valence-corrected chi connectivity index (χ4v) is 1.19. The Kier molecular flexibility index (Phi) is 8.76. The van der Waals surface area contributed by atoms with E-state index < -0.39 is 5.97 Å². The van der Waals surface area contributed by atoms with Crippen molar-refractivity contribution < 1.29 is 14.7 Å². The molecule has 5 nitrogen and oxygen atoms in total. The average Bonchev–Trinajstić information content (AvgIpc) is 2.14. The van der Waals surface area contributed by atoms with Crippen LogP contribution in [0.25, 0.3) is 0 Å². The van der Waals surface area contributed by atoms with Gasteiger partial charge in [-0.1, -0.05) is 12.8 Å². The molecule has 0 saturated heterocycles. The highest BCUT2D eigenvalue weighted by Gasteiger charge is 1.95. The molecule has 0 fully saturated rings. The monoisotopic (exact) mass is 216 g/mol. The predicted octanol–water partition coefficient (Wildman–Crippen LogP) is 0.357. The molecular weight excluding hydrogens is 196 g/mol. The Labute approximate surface area is 90.2 Å². The maximum atomic E-state index is 10.5. The first-order chi connectivity index (χ1) is 7.13. The first-order valence-corrected chi connectivity index (χ1v) is 5.30. The standard InChI is InChI=1S/C10H20N2O3/c1-9(13)12-7-5-3-2-4-6-11-8-10(14)15/h11H,2-8H2,1H3,(H,12,13)(H,14,15). The minimum Gasteiger partial charge on any atom is -0.480 e. The van der Waals surface area contributed by atoms with Crippen molar-refractivity contribution in [2.75, 3.05) is 19.6 Å². The smallest absolute Gasteiger partial charge is 0.317 e. The molecule has 0 aromatic carbocycles. The van der Waals surface area contributed by atoms with Crippen LogP contribution in [0.1, 0.15) is 32.6 Å². The molecule has 0 aliphatic heterocycles. The first-order valence-electron chi connectivity index (χ1n) is 5.30. The van der Waals surface area contributed by atoms with Crippen LogP contribution in [0.4, 0.5) is 0 Å². The summed E-state index contributed by atoms with van der Waals surface area (Å²) in [6.07, 6.45) is 4.09. The van der Waals surface area contributed by atoms with Crippen molar-refractivity contribution in [1.29, 1.82) is 0 Å². The van der Waals surface area contributed by atoms with Crippen LogP contribution in [0.3, 0.4) is 0 Å². The van der Waals surface area contributed by atoms with Gasteiger partial charge in [-0.2, -0.15) is 0 Å². The maximum absolute atomic E-state index is 10.5. The van der Waals surface area contributed by atoms with Crippen molar-refractivity contribution in [3.63, 3.8) is 0 Å². The van der Waals surface area contributed by atoms with E-state index in [9.17, 15) is 9.59 Å². The average molecular weight is 216 g/mol. The van der Waals surface area contributed by atoms with Crippen LogP contribution in [0.15, 0.2) is 0 Å². The highest BCUT2D eigenvalue weighted by atomic mass is 16.4. The van der Waals surface area contributed by atoms with E-state index in [-0.39, 0.29) is 12.5 Å². The third-order valence-electron chi connectivity index (χ3n) is 1.93. The molecule has 0 atom stereocenters. The summed E-state index contributed by atoms with van der Waals surface area (Å²) in [4.78, 5) is 20.6. The second-order valence-corrected chi connectivity index (χ2v) is 3.47. The van der Waals surface area contributed by atoms with Gasteiger partial charge in [0.05, 0.1) is 6.54 Å². The molecule has 0 aromatic rings. The van der Waals surface area contributed by atoms with Gasteiger partial charge >= 0.3 is 5.97 Å². The molecule has 5 heteroatoms. The molecule has 0 unspecified atom stereocenters. The molecule has 0 aliphatic rings. The van der Waals surface area contributed by atoms with E-state index in [0.29, 0.717) is 0 Å². The van der Waals surface area contributed by atoms with Crippen molar-refractivity contribution in [2.45, 2.75) is 32.6 Å². The van der Waals surface area contributed by atoms with E-state index in [4.69, 9.17) is 5.11 Å². The van der Waals surface area contributed by atoms with E-state index in [2.05, 4.69) is 10.6 Å². The summed E-state index contributed by atoms with van der Waals surface area (Å²) in [5, 5.41) is 13.9. The summed E-state index contributed by atoms with van der Waals surface area (Å²) in [7, 11) is 0. The zero-order chi connectivity index (χ0) is 11.5. The van der Waals surface area contributed by atoms with Crippen LogP contribution in [-0.2, 0) is 9.59 Å². The number of carbonyl (C=O) groups excluding carboxylic acids is 1. The summed E-state index contributed by atoms with van der Waals surface area (Å²) < 4.78 is 0. The van der Waals surface area contributed by atoms with Crippen LogP contribution >= 0.6 is 0 Å². The second kappa shape index (κ2) is 9.45. The zero-order valence-corrected chi connectivity index (χ0v) is 9.21. The van der Waals surface area contributed by atoms with E-state index >= 15 is 0 Å². The summed E-state index contributed by atoms with van der Waals surface area (Å²) in [6.45, 7) is 3.02. The van der Waals surface area contributed by atoms with Crippen molar-refractivity contribution >= 4 is 11.9 Å². The number of hydrogen-bond acceptors (Lipinski definition) is 3. The quantitative estimate of drug-likeness (QED) is 0.486. The highest BCUT2D eigenvalue weighted by Crippen LogP contribution is 1.97. The van der Waals surface area contributed by atoms with Gasteiger partial charge in [-0.3, -0.25) is 9.59 Å². The number of nitrogens with one attached hydrogen (secondary N) is 2. The van der Waals surface area contributed by atoms with E-state index in [1.54, 1.807) is 0 Å². The van der Waals surface area contributed by atoms with Gasteiger partial charge in [0, 0.05) is 13.5 Å². The third-order valence-corrected chi connectivity index (χ3v) is 1.93. The highest BCUT2D eigenvalue weighted by molar-refractivity contribution is 5.72. The lowest BCUT2D eigenvalue weighted by molar-refractivity contribution is -0.136. The molecule has 0 radical (unpaired) electrons. The minimum absolute atomic E-state index is 0.0122. The van der Waals surface area contributed by atoms with Gasteiger partial charge < -0.3 is 15.7 Å². The summed E-state index contributed by atoms with van der Waals surface area (Å²) in [5.41, 5.74) is 0. The maximum Gasteiger partial charge on any atom is 0.317 e. The molecular formula is C10H20N2O3. The summed E-state index contributed by atoms with van der Waals surface area (Å²) in [5.74, 6) is -0.807. The zero-order valence-electron chi connectivity index (χ0n) is 9.21. The van der Waals surface area contributed by atoms with Gasteiger partial charge in [0.1, 0.15) is 0 Å². The number of aliphatic carboxylic acids is 1. The van der Waals surface area contributed by atoms with Gasteiger partial charge in [0.2, 0.25) is 5.91 Å². The molecule has 3 N–H and O–H groups in total. The van der Waals surface area contributed by atoms with Gasteiger partial charge in [0.15, 0.2) is 0 Å². The first kappa shape index (κ1) is 13.9. The number of carboxylic acids is 1. The summed E-state index contributed by atoms with van der Waals surface area (Å²) in [6, 6.07) is 0. The largest absolute Gasteiger partial charge is 0.480 e. The number of rotatable bonds is 9. The van der Waals surface area contributed by atoms with Gasteiger partial charge in [-0.05, 0) is 19.4 Å². The molecule has 0 heterocycles. The SMILES string of the molecule is CC(=O)NCCCCCCNCC(=O)O. The molecule has 15 heavy (non-hydrogen) atoms. The Morgan fingerprint density at radius 3 is 2.20 bits per heavy atom. The van der Waals surface area contributed by atoms with Crippen LogP contribution in [0.2, 0.25) is 0 Å². The fraction of sp³-hybridized carbons (Fsp3) is 0.800. The molecule has 0 spiro atoms. The van der Waals surface area contributed by atoms with E-state index in [1.807, 2.05) is 0 Å². The van der Waals surface area contributed by atoms with Gasteiger partial charge in [0.25, 0.3) is 0 Å². The number of amides is 1.